The van der Waals surface area contributed by atoms with Crippen molar-refractivity contribution in [2.75, 3.05) is 9.80 Å². The van der Waals surface area contributed by atoms with Crippen LogP contribution in [-0.4, -0.2) is 34.9 Å². The van der Waals surface area contributed by atoms with Gasteiger partial charge in [-0.2, -0.15) is 0 Å². The van der Waals surface area contributed by atoms with Gasteiger partial charge in [0, 0.05) is 50.1 Å². The van der Waals surface area contributed by atoms with Crippen LogP contribution < -0.4 is 9.80 Å². The number of aromatic nitrogens is 7. The largest absolute Gasteiger partial charge is 0.305 e. The van der Waals surface area contributed by atoms with Crippen molar-refractivity contribution in [1.82, 2.24) is 34.9 Å². The molecule has 14 rings (SSSR count). The Labute approximate surface area is 474 Å². The van der Waals surface area contributed by atoms with Gasteiger partial charge in [0.1, 0.15) is 0 Å². The molecule has 0 spiro atoms. The summed E-state index contributed by atoms with van der Waals surface area (Å²) in [6, 6.07) is 93.9. The van der Waals surface area contributed by atoms with E-state index in [4.69, 9.17) is 41.5 Å². The van der Waals surface area contributed by atoms with Gasteiger partial charge < -0.3 is 4.90 Å². The highest BCUT2D eigenvalue weighted by molar-refractivity contribution is 6.07. The molecule has 0 saturated heterocycles. The Kier molecular flexibility index (Phi) is 12.7. The summed E-state index contributed by atoms with van der Waals surface area (Å²) >= 11 is 0. The van der Waals surface area contributed by atoms with Gasteiger partial charge in [0.05, 0.1) is 57.8 Å². The summed E-state index contributed by atoms with van der Waals surface area (Å²) in [5.41, 5.74) is 16.4. The molecule has 82 heavy (non-hydrogen) atoms. The monoisotopic (exact) mass is 1050 g/mol. The Morgan fingerprint density at radius 2 is 0.585 bits per heavy atom. The number of hydrogen-bond acceptors (Lipinski definition) is 9. The first-order valence-electron chi connectivity index (χ1n) is 26.9. The van der Waals surface area contributed by atoms with Gasteiger partial charge in [-0.05, 0) is 54.1 Å². The van der Waals surface area contributed by atoms with E-state index in [0.717, 1.165) is 101 Å². The van der Waals surface area contributed by atoms with E-state index in [9.17, 15) is 0 Å². The van der Waals surface area contributed by atoms with Crippen molar-refractivity contribution in [2.45, 2.75) is 0 Å². The van der Waals surface area contributed by atoms with Crippen molar-refractivity contribution in [3.63, 3.8) is 0 Å². The fraction of sp³-hybridized carbons (Fsp3) is 0. The third kappa shape index (κ3) is 9.36. The number of hydrogen-bond donors (Lipinski definition) is 0. The van der Waals surface area contributed by atoms with E-state index < -0.39 is 0 Å². The van der Waals surface area contributed by atoms with Crippen molar-refractivity contribution >= 4 is 40.1 Å². The zero-order valence-corrected chi connectivity index (χ0v) is 44.0. The number of nitrogens with zero attached hydrogens (tertiary/aromatic N) is 10. The second-order valence-corrected chi connectivity index (χ2v) is 19.6. The van der Waals surface area contributed by atoms with E-state index in [2.05, 4.69) is 124 Å². The third-order valence-electron chi connectivity index (χ3n) is 14.5. The van der Waals surface area contributed by atoms with Gasteiger partial charge in [0.15, 0.2) is 29.0 Å². The maximum absolute atomic E-state index is 8.02. The van der Waals surface area contributed by atoms with E-state index in [0.29, 0.717) is 40.6 Å². The third-order valence-corrected chi connectivity index (χ3v) is 14.5. The number of benzene rings is 10. The molecule has 3 aromatic heterocycles. The molecule has 1 aliphatic heterocycles. The lowest BCUT2D eigenvalue weighted by Gasteiger charge is -2.41. The predicted molar refractivity (Wildman–Crippen MR) is 329 cm³/mol. The quantitative estimate of drug-likeness (QED) is 0.117. The molecule has 0 saturated carbocycles. The SMILES string of the molecule is [C-]#[N+]c1ccc(-c2cc(-c3nc(-c4ccccc4)nc(-c4ccccc4)n3)cc(-c3cc(-c4ccccc4)nc(-c4ccccc4)n3)c2N2c3ccccc3N(c3nc(-c4ccccc4)cc(-c4ccccc4)n3)c3ccccc32)cc1. The second-order valence-electron chi connectivity index (χ2n) is 19.6. The van der Waals surface area contributed by atoms with Crippen LogP contribution in [0.15, 0.2) is 279 Å². The summed E-state index contributed by atoms with van der Waals surface area (Å²) < 4.78 is 0. The average molecular weight is 1050 g/mol. The lowest BCUT2D eigenvalue weighted by Crippen LogP contribution is -2.26. The molecule has 10 heteroatoms. The summed E-state index contributed by atoms with van der Waals surface area (Å²) in [5, 5.41) is 0. The van der Waals surface area contributed by atoms with Crippen LogP contribution in [0.4, 0.5) is 40.1 Å². The maximum Gasteiger partial charge on any atom is 0.235 e. The molecular formula is C72H46N10. The fourth-order valence-corrected chi connectivity index (χ4v) is 10.6. The van der Waals surface area contributed by atoms with Crippen LogP contribution in [0.2, 0.25) is 0 Å². The van der Waals surface area contributed by atoms with Gasteiger partial charge in [-0.15, -0.1) is 0 Å². The highest BCUT2D eigenvalue weighted by atomic mass is 15.3. The molecule has 0 unspecified atom stereocenters. The van der Waals surface area contributed by atoms with E-state index in [-0.39, 0.29) is 0 Å². The van der Waals surface area contributed by atoms with E-state index >= 15 is 0 Å². The number of rotatable bonds is 11. The van der Waals surface area contributed by atoms with Crippen LogP contribution >= 0.6 is 0 Å². The van der Waals surface area contributed by atoms with E-state index in [1.54, 1.807) is 0 Å². The Bertz CT molecular complexity index is 4280. The summed E-state index contributed by atoms with van der Waals surface area (Å²) in [7, 11) is 0. The Morgan fingerprint density at radius 3 is 1.01 bits per heavy atom. The van der Waals surface area contributed by atoms with Gasteiger partial charge in [0.2, 0.25) is 5.95 Å². The first-order chi connectivity index (χ1) is 40.6. The van der Waals surface area contributed by atoms with Gasteiger partial charge >= 0.3 is 0 Å². The zero-order valence-electron chi connectivity index (χ0n) is 44.0. The maximum atomic E-state index is 8.02. The molecule has 0 fully saturated rings. The first kappa shape index (κ1) is 48.8. The molecule has 13 aromatic rings. The summed E-state index contributed by atoms with van der Waals surface area (Å²) in [6.45, 7) is 8.02. The van der Waals surface area contributed by atoms with E-state index in [1.165, 1.54) is 0 Å². The Balaban J connectivity index is 1.08. The minimum atomic E-state index is 0.468. The second kappa shape index (κ2) is 21.4. The lowest BCUT2D eigenvalue weighted by atomic mass is 9.91. The van der Waals surface area contributed by atoms with Crippen LogP contribution in [0, 0.1) is 6.57 Å². The van der Waals surface area contributed by atoms with Crippen LogP contribution in [0.3, 0.4) is 0 Å². The number of para-hydroxylation sites is 4. The highest BCUT2D eigenvalue weighted by Gasteiger charge is 2.35. The number of fused-ring (bicyclic) bond motifs is 2. The Morgan fingerprint density at radius 1 is 0.256 bits per heavy atom. The molecular weight excluding hydrogens is 1000 g/mol. The van der Waals surface area contributed by atoms with Crippen LogP contribution in [0.1, 0.15) is 0 Å². The van der Waals surface area contributed by atoms with E-state index in [1.807, 2.05) is 170 Å². The standard InChI is InChI=1S/C72H46N10/c1-73-56-42-40-48(41-43-56)57-44-55(71-79-69(53-32-16-6-17-33-53)78-70(80-71)54-34-18-7-19-35-54)45-58(62-47-59(49-24-8-2-9-25-49)74-68(75-62)52-30-14-5-15-31-52)67(57)81-63-36-20-22-38-65(63)82(66-39-23-21-37-64(66)81)72-76-60(50-26-10-3-11-27-50)46-61(77-72)51-28-12-4-13-29-51/h2-47H. The smallest absolute Gasteiger partial charge is 0.235 e. The predicted octanol–water partition coefficient (Wildman–Crippen LogP) is 18.3. The van der Waals surface area contributed by atoms with Crippen molar-refractivity contribution in [3.8, 4) is 102 Å². The summed E-state index contributed by atoms with van der Waals surface area (Å²) in [5.74, 6) is 2.61. The van der Waals surface area contributed by atoms with Gasteiger partial charge in [-0.3, -0.25) is 4.90 Å². The molecule has 4 heterocycles. The molecule has 0 amide bonds. The molecule has 0 N–H and O–H groups in total. The molecule has 0 aliphatic carbocycles. The normalized spacial score (nSPS) is 11.6. The average Bonchev–Trinajstić information content (AvgIpc) is 3.64. The Hall–Kier alpha value is -11.5. The van der Waals surface area contributed by atoms with Gasteiger partial charge in [-0.25, -0.2) is 39.7 Å². The minimum Gasteiger partial charge on any atom is -0.305 e. The number of anilines is 6. The molecule has 0 atom stereocenters. The lowest BCUT2D eigenvalue weighted by molar-refractivity contribution is 1.06. The molecule has 10 aromatic carbocycles. The molecule has 1 aliphatic rings. The van der Waals surface area contributed by atoms with Gasteiger partial charge in [-0.1, -0.05) is 231 Å². The molecule has 384 valence electrons. The molecule has 0 bridgehead atoms. The zero-order chi connectivity index (χ0) is 54.8. The minimum absolute atomic E-state index is 0.468. The summed E-state index contributed by atoms with van der Waals surface area (Å²) in [6.07, 6.45) is 0. The first-order valence-corrected chi connectivity index (χ1v) is 26.9. The van der Waals surface area contributed by atoms with Gasteiger partial charge in [0.25, 0.3) is 0 Å². The molecule has 0 radical (unpaired) electrons. The molecule has 10 nitrogen and oxygen atoms in total. The highest BCUT2D eigenvalue weighted by Crippen LogP contribution is 2.58. The van der Waals surface area contributed by atoms with Crippen LogP contribution in [0.25, 0.3) is 107 Å². The van der Waals surface area contributed by atoms with Crippen LogP contribution in [-0.2, 0) is 0 Å². The van der Waals surface area contributed by atoms with Crippen molar-refractivity contribution < 1.29 is 0 Å². The fourth-order valence-electron chi connectivity index (χ4n) is 10.6. The van der Waals surface area contributed by atoms with Crippen molar-refractivity contribution in [3.05, 3.63) is 290 Å². The topological polar surface area (TPSA) is 101 Å². The van der Waals surface area contributed by atoms with Crippen LogP contribution in [0.5, 0.6) is 0 Å². The van der Waals surface area contributed by atoms with Crippen molar-refractivity contribution in [2.24, 2.45) is 0 Å². The summed E-state index contributed by atoms with van der Waals surface area (Å²) in [4.78, 5) is 45.7. The van der Waals surface area contributed by atoms with Crippen molar-refractivity contribution in [1.29, 1.82) is 0 Å².